The number of hydrogen-bond acceptors (Lipinski definition) is 2. The molecule has 0 aliphatic rings. The number of hydrogen-bond donors (Lipinski definition) is 1. The third-order valence-electron chi connectivity index (χ3n) is 2.98. The van der Waals surface area contributed by atoms with Gasteiger partial charge in [-0.1, -0.05) is 18.5 Å². The summed E-state index contributed by atoms with van der Waals surface area (Å²) in [5, 5.41) is 0. The summed E-state index contributed by atoms with van der Waals surface area (Å²) < 4.78 is 96.6. The maximum Gasteiger partial charge on any atom is 0.453 e. The second kappa shape index (κ2) is 7.62. The van der Waals surface area contributed by atoms with Gasteiger partial charge in [-0.25, -0.2) is 0 Å². The summed E-state index contributed by atoms with van der Waals surface area (Å²) in [7, 11) is 0. The Morgan fingerprint density at radius 3 is 1.91 bits per heavy atom. The molecule has 0 fully saturated rings. The van der Waals surface area contributed by atoms with Crippen LogP contribution in [0.15, 0.2) is 0 Å². The summed E-state index contributed by atoms with van der Waals surface area (Å²) in [5.74, 6) is -9.21. The first-order valence-corrected chi connectivity index (χ1v) is 7.53. The zero-order valence-corrected chi connectivity index (χ0v) is 13.3. The number of thioether (sulfide) groups is 1. The lowest BCUT2D eigenvalue weighted by atomic mass is 9.96. The molecule has 0 aliphatic carbocycles. The molecule has 12 heteroatoms. The maximum absolute atomic E-state index is 13.1. The van der Waals surface area contributed by atoms with Gasteiger partial charge in [0.1, 0.15) is 0 Å². The van der Waals surface area contributed by atoms with E-state index in [-0.39, 0.29) is 11.8 Å². The van der Waals surface area contributed by atoms with Crippen molar-refractivity contribution in [2.45, 2.75) is 48.7 Å². The number of alkyl halides is 9. The average Bonchev–Trinajstić information content (AvgIpc) is 2.32. The van der Waals surface area contributed by atoms with Crippen LogP contribution in [0.1, 0.15) is 26.2 Å². The highest BCUT2D eigenvalue weighted by Gasteiger charge is 2.60. The van der Waals surface area contributed by atoms with Crippen LogP contribution < -0.4 is 5.73 Å². The van der Waals surface area contributed by atoms with Crippen LogP contribution in [0.25, 0.3) is 0 Å². The van der Waals surface area contributed by atoms with Crippen LogP contribution in [0.2, 0.25) is 0 Å². The van der Waals surface area contributed by atoms with Gasteiger partial charge in [0, 0.05) is 11.7 Å². The summed E-state index contributed by atoms with van der Waals surface area (Å²) >= 11 is 5.97. The smallest absolute Gasteiger partial charge is 0.367 e. The normalized spacial score (nSPS) is 17.7. The van der Waals surface area contributed by atoms with Gasteiger partial charge in [0.25, 0.3) is 0 Å². The number of carbonyl (C=O) groups is 1. The Balaban J connectivity index is 4.80. The lowest BCUT2D eigenvalue weighted by Gasteiger charge is -2.29. The first-order chi connectivity index (χ1) is 10.0. The van der Waals surface area contributed by atoms with Crippen molar-refractivity contribution in [2.75, 3.05) is 5.75 Å². The van der Waals surface area contributed by atoms with Gasteiger partial charge in [0.05, 0.1) is 6.42 Å². The van der Waals surface area contributed by atoms with Crippen LogP contribution in [-0.4, -0.2) is 34.1 Å². The van der Waals surface area contributed by atoms with Gasteiger partial charge in [0.2, 0.25) is 5.91 Å². The fraction of sp³-hybridized carbons (Fsp3) is 0.909. The lowest BCUT2D eigenvalue weighted by molar-refractivity contribution is -0.301. The summed E-state index contributed by atoms with van der Waals surface area (Å²) in [6.45, 7) is 0.603. The quantitative estimate of drug-likeness (QED) is 0.478. The van der Waals surface area contributed by atoms with Crippen LogP contribution in [0, 0.1) is 5.92 Å². The molecule has 0 bridgehead atoms. The number of primary amides is 1. The van der Waals surface area contributed by atoms with Crippen molar-refractivity contribution >= 4 is 29.3 Å². The highest BCUT2D eigenvalue weighted by atomic mass is 35.5. The Hall–Kier alpha value is -0.450. The summed E-state index contributed by atoms with van der Waals surface area (Å²) in [4.78, 5) is 11.2. The van der Waals surface area contributed by atoms with Gasteiger partial charge in [0.15, 0.2) is 4.21 Å². The molecule has 0 aromatic heterocycles. The summed E-state index contributed by atoms with van der Waals surface area (Å²) in [6.07, 6.45) is -13.2. The molecular weight excluding hydrogens is 382 g/mol. The molecule has 0 saturated heterocycles. The largest absolute Gasteiger partial charge is 0.453 e. The van der Waals surface area contributed by atoms with E-state index >= 15 is 0 Å². The van der Waals surface area contributed by atoms with E-state index in [9.17, 15) is 39.9 Å². The van der Waals surface area contributed by atoms with Crippen molar-refractivity contribution in [3.05, 3.63) is 0 Å². The molecule has 23 heavy (non-hydrogen) atoms. The third-order valence-corrected chi connectivity index (χ3v) is 4.95. The average molecular weight is 396 g/mol. The molecule has 0 spiro atoms. The fourth-order valence-corrected chi connectivity index (χ4v) is 2.86. The minimum absolute atomic E-state index is 0.264. The molecule has 0 aromatic carbocycles. The van der Waals surface area contributed by atoms with Crippen LogP contribution in [-0.2, 0) is 4.79 Å². The molecule has 2 N–H and O–H groups in total. The van der Waals surface area contributed by atoms with Crippen LogP contribution in [0.5, 0.6) is 0 Å². The van der Waals surface area contributed by atoms with Gasteiger partial charge in [-0.15, -0.1) is 11.8 Å². The standard InChI is InChI=1S/C11H14ClF8NOS/c1-6(10(16,17)11(18,19)20)2-3-8(12,7(21)22)23-5-4-9(13,14)15/h6H,2-5H2,1H3,(H2,21,22). The molecule has 0 heterocycles. The van der Waals surface area contributed by atoms with Crippen molar-refractivity contribution in [3.8, 4) is 0 Å². The fourth-order valence-electron chi connectivity index (χ4n) is 1.46. The van der Waals surface area contributed by atoms with Crippen LogP contribution >= 0.6 is 23.4 Å². The molecule has 2 nitrogen and oxygen atoms in total. The third kappa shape index (κ3) is 6.90. The lowest BCUT2D eigenvalue weighted by Crippen LogP contribution is -2.43. The Morgan fingerprint density at radius 2 is 1.57 bits per heavy atom. The van der Waals surface area contributed by atoms with Gasteiger partial charge < -0.3 is 5.73 Å². The summed E-state index contributed by atoms with van der Waals surface area (Å²) in [5.41, 5.74) is 4.92. The Bertz CT molecular complexity index is 414. The summed E-state index contributed by atoms with van der Waals surface area (Å²) in [6, 6.07) is 0. The second-order valence-corrected chi connectivity index (χ2v) is 7.13. The maximum atomic E-state index is 13.1. The van der Waals surface area contributed by atoms with Crippen molar-refractivity contribution in [3.63, 3.8) is 0 Å². The first kappa shape index (κ1) is 22.6. The van der Waals surface area contributed by atoms with E-state index in [4.69, 9.17) is 17.3 Å². The molecule has 138 valence electrons. The Labute approximate surface area is 136 Å². The van der Waals surface area contributed by atoms with E-state index in [0.717, 1.165) is 0 Å². The second-order valence-electron chi connectivity index (χ2n) is 4.87. The van der Waals surface area contributed by atoms with Gasteiger partial charge >= 0.3 is 18.3 Å². The molecular formula is C11H14ClF8NOS. The highest BCUT2D eigenvalue weighted by Crippen LogP contribution is 2.45. The molecule has 2 unspecified atom stereocenters. The molecule has 0 radical (unpaired) electrons. The topological polar surface area (TPSA) is 43.1 Å². The first-order valence-electron chi connectivity index (χ1n) is 6.17. The minimum atomic E-state index is -5.78. The molecule has 0 saturated carbocycles. The number of nitrogens with two attached hydrogens (primary N) is 1. The van der Waals surface area contributed by atoms with E-state index in [0.29, 0.717) is 6.92 Å². The van der Waals surface area contributed by atoms with Crippen molar-refractivity contribution in [2.24, 2.45) is 11.7 Å². The van der Waals surface area contributed by atoms with E-state index in [2.05, 4.69) is 0 Å². The Morgan fingerprint density at radius 1 is 1.09 bits per heavy atom. The van der Waals surface area contributed by atoms with Crippen LogP contribution in [0.4, 0.5) is 35.1 Å². The predicted octanol–water partition coefficient (Wildman–Crippen LogP) is 4.71. The number of carbonyl (C=O) groups excluding carboxylic acids is 1. The van der Waals surface area contributed by atoms with E-state index in [1.54, 1.807) is 0 Å². The number of halogens is 9. The number of rotatable bonds is 8. The predicted molar refractivity (Wildman–Crippen MR) is 70.3 cm³/mol. The van der Waals surface area contributed by atoms with Gasteiger partial charge in [-0.2, -0.15) is 35.1 Å². The SMILES string of the molecule is CC(CCC(Cl)(SCCC(F)(F)F)C(N)=O)C(F)(F)C(F)(F)F. The van der Waals surface area contributed by atoms with Crippen molar-refractivity contribution in [1.29, 1.82) is 0 Å². The zero-order valence-electron chi connectivity index (χ0n) is 11.7. The molecule has 1 amide bonds. The Kier molecular flexibility index (Phi) is 7.47. The molecule has 0 rings (SSSR count). The number of amides is 1. The van der Waals surface area contributed by atoms with Crippen molar-refractivity contribution in [1.82, 2.24) is 0 Å². The van der Waals surface area contributed by atoms with Crippen LogP contribution in [0.3, 0.4) is 0 Å². The van der Waals surface area contributed by atoms with Gasteiger partial charge in [-0.05, 0) is 12.8 Å². The van der Waals surface area contributed by atoms with E-state index < -0.39 is 59.3 Å². The van der Waals surface area contributed by atoms with E-state index in [1.165, 1.54) is 0 Å². The molecule has 2 atom stereocenters. The molecule has 0 aromatic rings. The van der Waals surface area contributed by atoms with E-state index in [1.807, 2.05) is 0 Å². The highest BCUT2D eigenvalue weighted by molar-refractivity contribution is 8.02. The zero-order chi connectivity index (χ0) is 18.7. The molecule has 0 aliphatic heterocycles. The minimum Gasteiger partial charge on any atom is -0.367 e. The monoisotopic (exact) mass is 395 g/mol. The van der Waals surface area contributed by atoms with Gasteiger partial charge in [-0.3, -0.25) is 4.79 Å². The van der Waals surface area contributed by atoms with Crippen molar-refractivity contribution < 1.29 is 39.9 Å².